The van der Waals surface area contributed by atoms with Crippen LogP contribution in [0.4, 0.5) is 0 Å². The van der Waals surface area contributed by atoms with Crippen LogP contribution in [0.3, 0.4) is 0 Å². The molecule has 1 heterocycles. The predicted molar refractivity (Wildman–Crippen MR) is 55.3 cm³/mol. The summed E-state index contributed by atoms with van der Waals surface area (Å²) in [5.74, 6) is -0.596. The molecule has 0 radical (unpaired) electrons. The van der Waals surface area contributed by atoms with Crippen LogP contribution in [0.15, 0.2) is 18.2 Å². The minimum Gasteiger partial charge on any atom is -0.464 e. The number of rotatable bonds is 4. The van der Waals surface area contributed by atoms with Gasteiger partial charge in [-0.15, -0.1) is 0 Å². The zero-order chi connectivity index (χ0) is 11.3. The highest BCUT2D eigenvalue weighted by Gasteiger charge is 2.17. The third kappa shape index (κ3) is 3.67. The van der Waals surface area contributed by atoms with E-state index in [2.05, 4.69) is 9.72 Å². The molecule has 4 nitrogen and oxygen atoms in total. The zero-order valence-electron chi connectivity index (χ0n) is 8.93. The number of aryl methyl sites for hydroxylation is 1. The smallest absolute Gasteiger partial charge is 0.335 e. The molecule has 0 aliphatic rings. The van der Waals surface area contributed by atoms with Crippen LogP contribution in [-0.4, -0.2) is 28.8 Å². The van der Waals surface area contributed by atoms with Gasteiger partial charge in [0.15, 0.2) is 6.10 Å². The molecule has 1 rings (SSSR count). The second kappa shape index (κ2) is 5.46. The zero-order valence-corrected chi connectivity index (χ0v) is 8.93. The third-order valence-electron chi connectivity index (χ3n) is 1.91. The van der Waals surface area contributed by atoms with Crippen molar-refractivity contribution in [2.75, 3.05) is 6.61 Å². The van der Waals surface area contributed by atoms with Crippen LogP contribution in [0.2, 0.25) is 0 Å². The quantitative estimate of drug-likeness (QED) is 0.747. The maximum atomic E-state index is 11.1. The first-order valence-electron chi connectivity index (χ1n) is 4.90. The number of aliphatic hydroxyl groups excluding tert-OH is 1. The molecule has 0 unspecified atom stereocenters. The second-order valence-electron chi connectivity index (χ2n) is 3.24. The monoisotopic (exact) mass is 209 g/mol. The molecule has 1 aromatic rings. The summed E-state index contributed by atoms with van der Waals surface area (Å²) in [6, 6.07) is 5.48. The van der Waals surface area contributed by atoms with Gasteiger partial charge in [0.25, 0.3) is 0 Å². The van der Waals surface area contributed by atoms with Gasteiger partial charge in [-0.25, -0.2) is 4.79 Å². The molecular weight excluding hydrogens is 194 g/mol. The lowest BCUT2D eigenvalue weighted by Gasteiger charge is -2.09. The lowest BCUT2D eigenvalue weighted by atomic mass is 10.2. The highest BCUT2D eigenvalue weighted by molar-refractivity contribution is 5.74. The Hall–Kier alpha value is -1.42. The minimum atomic E-state index is -1.13. The average Bonchev–Trinajstić information content (AvgIpc) is 2.18. The Bertz CT molecular complexity index is 338. The van der Waals surface area contributed by atoms with Crippen molar-refractivity contribution in [2.24, 2.45) is 0 Å². The molecule has 0 spiro atoms. The van der Waals surface area contributed by atoms with Gasteiger partial charge in [-0.1, -0.05) is 6.07 Å². The molecule has 0 aromatic carbocycles. The van der Waals surface area contributed by atoms with Crippen LogP contribution in [-0.2, 0) is 16.0 Å². The van der Waals surface area contributed by atoms with Crippen molar-refractivity contribution in [1.29, 1.82) is 0 Å². The van der Waals surface area contributed by atoms with E-state index in [-0.39, 0.29) is 13.0 Å². The molecule has 0 saturated carbocycles. The van der Waals surface area contributed by atoms with Gasteiger partial charge < -0.3 is 9.84 Å². The van der Waals surface area contributed by atoms with Gasteiger partial charge in [0.1, 0.15) is 0 Å². The van der Waals surface area contributed by atoms with Crippen LogP contribution < -0.4 is 0 Å². The Morgan fingerprint density at radius 3 is 2.93 bits per heavy atom. The number of hydrogen-bond acceptors (Lipinski definition) is 4. The van der Waals surface area contributed by atoms with E-state index in [9.17, 15) is 9.90 Å². The molecule has 0 fully saturated rings. The standard InChI is InChI=1S/C11H15NO3/c1-3-15-11(14)10(13)7-9-6-4-5-8(2)12-9/h4-6,10,13H,3,7H2,1-2H3/t10-/m1/s1. The predicted octanol–water partition coefficient (Wildman–Crippen LogP) is 0.857. The number of aliphatic hydroxyl groups is 1. The van der Waals surface area contributed by atoms with Crippen molar-refractivity contribution in [3.8, 4) is 0 Å². The van der Waals surface area contributed by atoms with Crippen molar-refractivity contribution < 1.29 is 14.6 Å². The first kappa shape index (κ1) is 11.7. The van der Waals surface area contributed by atoms with Crippen molar-refractivity contribution in [1.82, 2.24) is 4.98 Å². The number of ether oxygens (including phenoxy) is 1. The Labute approximate surface area is 88.9 Å². The lowest BCUT2D eigenvalue weighted by molar-refractivity contribution is -0.152. The van der Waals surface area contributed by atoms with Crippen LogP contribution in [0.5, 0.6) is 0 Å². The van der Waals surface area contributed by atoms with Crippen LogP contribution in [0.25, 0.3) is 0 Å². The summed E-state index contributed by atoms with van der Waals surface area (Å²) in [7, 11) is 0. The van der Waals surface area contributed by atoms with Gasteiger partial charge >= 0.3 is 5.97 Å². The molecule has 4 heteroatoms. The van der Waals surface area contributed by atoms with Crippen molar-refractivity contribution in [2.45, 2.75) is 26.4 Å². The molecule has 0 bridgehead atoms. The van der Waals surface area contributed by atoms with Gasteiger partial charge in [-0.3, -0.25) is 4.98 Å². The maximum Gasteiger partial charge on any atom is 0.335 e. The normalized spacial score (nSPS) is 12.2. The molecule has 0 aliphatic heterocycles. The highest BCUT2D eigenvalue weighted by atomic mass is 16.5. The summed E-state index contributed by atoms with van der Waals surface area (Å²) in [6.07, 6.45) is -0.931. The molecule has 82 valence electrons. The van der Waals surface area contributed by atoms with E-state index in [1.165, 1.54) is 0 Å². The van der Waals surface area contributed by atoms with E-state index in [0.717, 1.165) is 5.69 Å². The summed E-state index contributed by atoms with van der Waals surface area (Å²) >= 11 is 0. The van der Waals surface area contributed by atoms with E-state index in [1.54, 1.807) is 13.0 Å². The van der Waals surface area contributed by atoms with E-state index in [4.69, 9.17) is 0 Å². The average molecular weight is 209 g/mol. The molecule has 1 N–H and O–H groups in total. The van der Waals surface area contributed by atoms with E-state index in [0.29, 0.717) is 5.69 Å². The minimum absolute atomic E-state index is 0.195. The molecule has 0 aliphatic carbocycles. The SMILES string of the molecule is CCOC(=O)[C@H](O)Cc1cccc(C)n1. The third-order valence-corrected chi connectivity index (χ3v) is 1.91. The van der Waals surface area contributed by atoms with Crippen LogP contribution >= 0.6 is 0 Å². The summed E-state index contributed by atoms with van der Waals surface area (Å²) in [5, 5.41) is 9.48. The fourth-order valence-electron chi connectivity index (χ4n) is 1.23. The molecule has 1 atom stereocenters. The van der Waals surface area contributed by atoms with Gasteiger partial charge in [-0.2, -0.15) is 0 Å². The van der Waals surface area contributed by atoms with Crippen LogP contribution in [0.1, 0.15) is 18.3 Å². The van der Waals surface area contributed by atoms with Gasteiger partial charge in [-0.05, 0) is 26.0 Å². The van der Waals surface area contributed by atoms with Gasteiger partial charge in [0, 0.05) is 17.8 Å². The number of pyridine rings is 1. The lowest BCUT2D eigenvalue weighted by Crippen LogP contribution is -2.25. The van der Waals surface area contributed by atoms with Crippen molar-refractivity contribution >= 4 is 5.97 Å². The largest absolute Gasteiger partial charge is 0.464 e. The fourth-order valence-corrected chi connectivity index (χ4v) is 1.23. The molecule has 1 aromatic heterocycles. The van der Waals surface area contributed by atoms with E-state index >= 15 is 0 Å². The van der Waals surface area contributed by atoms with Crippen LogP contribution in [0, 0.1) is 6.92 Å². The first-order chi connectivity index (χ1) is 7.13. The summed E-state index contributed by atoms with van der Waals surface area (Å²) in [5.41, 5.74) is 1.55. The number of esters is 1. The molecule has 0 saturated heterocycles. The maximum absolute atomic E-state index is 11.1. The van der Waals surface area contributed by atoms with Crippen molar-refractivity contribution in [3.63, 3.8) is 0 Å². The Morgan fingerprint density at radius 1 is 1.60 bits per heavy atom. The molecule has 0 amide bonds. The summed E-state index contributed by atoms with van der Waals surface area (Å²) in [6.45, 7) is 3.84. The topological polar surface area (TPSA) is 59.4 Å². The van der Waals surface area contributed by atoms with Gasteiger partial charge in [0.2, 0.25) is 0 Å². The fraction of sp³-hybridized carbons (Fsp3) is 0.455. The second-order valence-corrected chi connectivity index (χ2v) is 3.24. The van der Waals surface area contributed by atoms with Crippen molar-refractivity contribution in [3.05, 3.63) is 29.6 Å². The number of hydrogen-bond donors (Lipinski definition) is 1. The first-order valence-corrected chi connectivity index (χ1v) is 4.90. The Balaban J connectivity index is 2.58. The van der Waals surface area contributed by atoms with E-state index < -0.39 is 12.1 Å². The number of aromatic nitrogens is 1. The Morgan fingerprint density at radius 2 is 2.33 bits per heavy atom. The number of carbonyl (C=O) groups is 1. The summed E-state index contributed by atoms with van der Waals surface area (Å²) < 4.78 is 4.69. The summed E-state index contributed by atoms with van der Waals surface area (Å²) in [4.78, 5) is 15.3. The van der Waals surface area contributed by atoms with Gasteiger partial charge in [0.05, 0.1) is 6.61 Å². The van der Waals surface area contributed by atoms with E-state index in [1.807, 2.05) is 19.1 Å². The molecule has 15 heavy (non-hydrogen) atoms. The molecular formula is C11H15NO3. The highest BCUT2D eigenvalue weighted by Crippen LogP contribution is 2.03. The number of nitrogens with zero attached hydrogens (tertiary/aromatic N) is 1. The Kier molecular flexibility index (Phi) is 4.24. The number of carbonyl (C=O) groups excluding carboxylic acids is 1.